The second kappa shape index (κ2) is 4.66. The van der Waals surface area contributed by atoms with Crippen LogP contribution in [0.3, 0.4) is 0 Å². The molecule has 0 bridgehead atoms. The van der Waals surface area contributed by atoms with Crippen LogP contribution in [0.15, 0.2) is 24.5 Å². The highest BCUT2D eigenvalue weighted by atomic mass is 15.3. The van der Waals surface area contributed by atoms with Crippen LogP contribution in [0.2, 0.25) is 0 Å². The summed E-state index contributed by atoms with van der Waals surface area (Å²) in [6, 6.07) is 5.69. The number of nitrogens with one attached hydrogen (secondary N) is 1. The third-order valence-electron chi connectivity index (χ3n) is 2.42. The number of pyridine rings is 1. The van der Waals surface area contributed by atoms with Crippen molar-refractivity contribution in [2.24, 2.45) is 7.05 Å². The van der Waals surface area contributed by atoms with Crippen LogP contribution in [0.1, 0.15) is 18.3 Å². The molecule has 2 rings (SSSR count). The summed E-state index contributed by atoms with van der Waals surface area (Å²) in [7, 11) is 1.87. The number of rotatable bonds is 3. The fourth-order valence-corrected chi connectivity index (χ4v) is 1.64. The normalized spacial score (nSPS) is 9.94. The maximum Gasteiger partial charge on any atom is 0.163 e. The summed E-state index contributed by atoms with van der Waals surface area (Å²) in [4.78, 5) is 4.00. The van der Waals surface area contributed by atoms with Gasteiger partial charge < -0.3 is 5.32 Å². The molecule has 0 saturated carbocycles. The molecule has 17 heavy (non-hydrogen) atoms. The number of anilines is 2. The molecule has 0 spiro atoms. The van der Waals surface area contributed by atoms with Gasteiger partial charge >= 0.3 is 0 Å². The van der Waals surface area contributed by atoms with Crippen LogP contribution in [0.25, 0.3) is 0 Å². The van der Waals surface area contributed by atoms with Gasteiger partial charge in [-0.2, -0.15) is 10.4 Å². The van der Waals surface area contributed by atoms with Crippen molar-refractivity contribution in [1.82, 2.24) is 14.8 Å². The van der Waals surface area contributed by atoms with E-state index in [0.29, 0.717) is 11.4 Å². The molecule has 2 heterocycles. The van der Waals surface area contributed by atoms with E-state index in [9.17, 15) is 0 Å². The molecule has 0 unspecified atom stereocenters. The molecular formula is C12H13N5. The fraction of sp³-hybridized carbons (Fsp3) is 0.250. The number of aryl methyl sites for hydroxylation is 2. The monoisotopic (exact) mass is 227 g/mol. The van der Waals surface area contributed by atoms with E-state index >= 15 is 0 Å². The standard InChI is InChI=1S/C12H13N5/c1-3-9-12(8-17(2)16-9)15-10-5-4-6-14-11(10)7-13/h4-6,8,15H,3H2,1-2H3. The summed E-state index contributed by atoms with van der Waals surface area (Å²) in [6.45, 7) is 2.04. The number of hydrogen-bond donors (Lipinski definition) is 1. The van der Waals surface area contributed by atoms with Gasteiger partial charge in [0.15, 0.2) is 5.69 Å². The van der Waals surface area contributed by atoms with Crippen LogP contribution in [0.5, 0.6) is 0 Å². The van der Waals surface area contributed by atoms with E-state index in [2.05, 4.69) is 21.5 Å². The Bertz CT molecular complexity index is 565. The Hall–Kier alpha value is -2.35. The Morgan fingerprint density at radius 2 is 2.29 bits per heavy atom. The van der Waals surface area contributed by atoms with Gasteiger partial charge in [0, 0.05) is 19.4 Å². The Labute approximate surface area is 99.7 Å². The molecule has 0 aromatic carbocycles. The smallest absolute Gasteiger partial charge is 0.163 e. The fourth-order valence-electron chi connectivity index (χ4n) is 1.64. The van der Waals surface area contributed by atoms with Crippen molar-refractivity contribution in [2.75, 3.05) is 5.32 Å². The van der Waals surface area contributed by atoms with Gasteiger partial charge in [-0.25, -0.2) is 4.98 Å². The maximum atomic E-state index is 8.95. The minimum absolute atomic E-state index is 0.387. The van der Waals surface area contributed by atoms with Crippen molar-refractivity contribution >= 4 is 11.4 Å². The molecule has 5 heteroatoms. The second-order valence-corrected chi connectivity index (χ2v) is 3.65. The zero-order valence-electron chi connectivity index (χ0n) is 9.81. The Morgan fingerprint density at radius 1 is 1.47 bits per heavy atom. The summed E-state index contributed by atoms with van der Waals surface area (Å²) < 4.78 is 1.75. The number of nitriles is 1. The quantitative estimate of drug-likeness (QED) is 0.870. The van der Waals surface area contributed by atoms with E-state index < -0.39 is 0 Å². The minimum atomic E-state index is 0.387. The largest absolute Gasteiger partial charge is 0.350 e. The topological polar surface area (TPSA) is 66.5 Å². The van der Waals surface area contributed by atoms with Crippen molar-refractivity contribution in [3.05, 3.63) is 35.9 Å². The second-order valence-electron chi connectivity index (χ2n) is 3.65. The highest BCUT2D eigenvalue weighted by molar-refractivity contribution is 5.65. The zero-order valence-corrected chi connectivity index (χ0v) is 9.81. The van der Waals surface area contributed by atoms with E-state index in [4.69, 9.17) is 5.26 Å². The van der Waals surface area contributed by atoms with Crippen molar-refractivity contribution in [3.8, 4) is 6.07 Å². The van der Waals surface area contributed by atoms with Gasteiger partial charge in [-0.3, -0.25) is 4.68 Å². The summed E-state index contributed by atoms with van der Waals surface area (Å²) in [5, 5.41) is 16.5. The molecule has 0 amide bonds. The summed E-state index contributed by atoms with van der Waals surface area (Å²) in [6.07, 6.45) is 4.34. The van der Waals surface area contributed by atoms with Crippen molar-refractivity contribution < 1.29 is 0 Å². The molecule has 86 valence electrons. The van der Waals surface area contributed by atoms with Gasteiger partial charge in [0.05, 0.1) is 17.1 Å². The van der Waals surface area contributed by atoms with Gasteiger partial charge in [-0.15, -0.1) is 0 Å². The first-order valence-electron chi connectivity index (χ1n) is 5.39. The highest BCUT2D eigenvalue weighted by Crippen LogP contribution is 2.21. The summed E-state index contributed by atoms with van der Waals surface area (Å²) >= 11 is 0. The molecule has 2 aromatic rings. The number of hydrogen-bond acceptors (Lipinski definition) is 4. The Morgan fingerprint density at radius 3 is 3.00 bits per heavy atom. The van der Waals surface area contributed by atoms with Gasteiger partial charge in [-0.05, 0) is 18.6 Å². The van der Waals surface area contributed by atoms with Gasteiger partial charge in [-0.1, -0.05) is 6.92 Å². The molecule has 0 saturated heterocycles. The van der Waals surface area contributed by atoms with Crippen LogP contribution >= 0.6 is 0 Å². The van der Waals surface area contributed by atoms with E-state index in [1.807, 2.05) is 26.2 Å². The number of nitrogens with zero attached hydrogens (tertiary/aromatic N) is 4. The van der Waals surface area contributed by atoms with Crippen LogP contribution in [0.4, 0.5) is 11.4 Å². The summed E-state index contributed by atoms with van der Waals surface area (Å²) in [5.74, 6) is 0. The maximum absolute atomic E-state index is 8.95. The SMILES string of the molecule is CCc1nn(C)cc1Nc1cccnc1C#N. The molecule has 1 N–H and O–H groups in total. The average molecular weight is 227 g/mol. The van der Waals surface area contributed by atoms with Crippen molar-refractivity contribution in [1.29, 1.82) is 5.26 Å². The van der Waals surface area contributed by atoms with Crippen LogP contribution in [-0.2, 0) is 13.5 Å². The third kappa shape index (κ3) is 2.26. The van der Waals surface area contributed by atoms with Gasteiger partial charge in [0.1, 0.15) is 6.07 Å². The molecule has 0 aliphatic rings. The Kier molecular flexibility index (Phi) is 3.06. The van der Waals surface area contributed by atoms with Crippen LogP contribution in [0, 0.1) is 11.3 Å². The predicted molar refractivity (Wildman–Crippen MR) is 64.8 cm³/mol. The molecule has 0 atom stereocenters. The lowest BCUT2D eigenvalue weighted by molar-refractivity contribution is 0.746. The number of aromatic nitrogens is 3. The lowest BCUT2D eigenvalue weighted by atomic mass is 10.2. The molecular weight excluding hydrogens is 214 g/mol. The minimum Gasteiger partial charge on any atom is -0.350 e. The molecule has 0 fully saturated rings. The zero-order chi connectivity index (χ0) is 12.3. The van der Waals surface area contributed by atoms with Gasteiger partial charge in [0.25, 0.3) is 0 Å². The predicted octanol–water partition coefficient (Wildman–Crippen LogP) is 1.99. The lowest BCUT2D eigenvalue weighted by Crippen LogP contribution is -1.97. The van der Waals surface area contributed by atoms with Gasteiger partial charge in [0.2, 0.25) is 0 Å². The summed E-state index contributed by atoms with van der Waals surface area (Å²) in [5.41, 5.74) is 2.98. The molecule has 0 radical (unpaired) electrons. The highest BCUT2D eigenvalue weighted by Gasteiger charge is 2.08. The van der Waals surface area contributed by atoms with Crippen molar-refractivity contribution in [2.45, 2.75) is 13.3 Å². The molecule has 0 aliphatic carbocycles. The third-order valence-corrected chi connectivity index (χ3v) is 2.42. The van der Waals surface area contributed by atoms with Crippen LogP contribution in [-0.4, -0.2) is 14.8 Å². The van der Waals surface area contributed by atoms with E-state index in [0.717, 1.165) is 17.8 Å². The van der Waals surface area contributed by atoms with Crippen LogP contribution < -0.4 is 5.32 Å². The molecule has 0 aliphatic heterocycles. The first-order chi connectivity index (χ1) is 8.24. The van der Waals surface area contributed by atoms with E-state index in [1.54, 1.807) is 16.9 Å². The van der Waals surface area contributed by atoms with Crippen molar-refractivity contribution in [3.63, 3.8) is 0 Å². The van der Waals surface area contributed by atoms with E-state index in [1.165, 1.54) is 0 Å². The molecule has 5 nitrogen and oxygen atoms in total. The van der Waals surface area contributed by atoms with E-state index in [-0.39, 0.29) is 0 Å². The lowest BCUT2D eigenvalue weighted by Gasteiger charge is -2.05. The average Bonchev–Trinajstić information content (AvgIpc) is 2.70. The first kappa shape index (κ1) is 11.1. The Balaban J connectivity index is 2.35. The first-order valence-corrected chi connectivity index (χ1v) is 5.39. The molecule has 2 aromatic heterocycles.